The zero-order chi connectivity index (χ0) is 78.3. The molecule has 24 rings (SSSR count). The van der Waals surface area contributed by atoms with Crippen molar-refractivity contribution in [3.63, 3.8) is 0 Å². The Hall–Kier alpha value is -13.6. The van der Waals surface area contributed by atoms with Crippen LogP contribution in [0.2, 0.25) is 0 Å². The van der Waals surface area contributed by atoms with E-state index in [-0.39, 0.29) is 0 Å². The van der Waals surface area contributed by atoms with Gasteiger partial charge in [-0.1, -0.05) is 260 Å². The van der Waals surface area contributed by atoms with Crippen LogP contribution in [0, 0.1) is 41.5 Å². The zero-order valence-electron chi connectivity index (χ0n) is 65.5. The molecule has 0 aliphatic carbocycles. The van der Waals surface area contributed by atoms with Crippen LogP contribution in [0.5, 0.6) is 0 Å². The van der Waals surface area contributed by atoms with Gasteiger partial charge < -0.3 is 0 Å². The van der Waals surface area contributed by atoms with E-state index in [1.165, 1.54) is 208 Å². The highest BCUT2D eigenvalue weighted by atomic mass is 32.1. The van der Waals surface area contributed by atoms with Gasteiger partial charge in [-0.3, -0.25) is 0 Å². The quantitative estimate of drug-likeness (QED) is 0.156. The highest BCUT2D eigenvalue weighted by Crippen LogP contribution is 2.48. The summed E-state index contributed by atoms with van der Waals surface area (Å²) in [5.41, 5.74) is 25.0. The van der Waals surface area contributed by atoms with Gasteiger partial charge in [0.15, 0.2) is 0 Å². The first-order valence-corrected chi connectivity index (χ1v) is 42.6. The molecule has 0 atom stereocenters. The zero-order valence-corrected chi connectivity index (χ0v) is 67.9. The first kappa shape index (κ1) is 70.1. The molecule has 6 heteroatoms. The monoisotopic (exact) mass is 1550 g/mol. The molecule has 0 saturated heterocycles. The van der Waals surface area contributed by atoms with Gasteiger partial charge in [-0.25, -0.2) is 15.0 Å². The van der Waals surface area contributed by atoms with Gasteiger partial charge in [-0.2, -0.15) is 0 Å². The number of thiophene rings is 3. The lowest BCUT2D eigenvalue weighted by atomic mass is 9.95. The molecule has 0 amide bonds. The van der Waals surface area contributed by atoms with E-state index in [1.807, 2.05) is 34.0 Å². The van der Waals surface area contributed by atoms with Crippen molar-refractivity contribution >= 4 is 192 Å². The first-order valence-electron chi connectivity index (χ1n) is 40.2. The molecule has 0 spiro atoms. The van der Waals surface area contributed by atoms with E-state index >= 15 is 0 Å². The maximum atomic E-state index is 5.30. The van der Waals surface area contributed by atoms with Crippen LogP contribution in [0.3, 0.4) is 0 Å². The molecule has 0 bridgehead atoms. The highest BCUT2D eigenvalue weighted by Gasteiger charge is 2.21. The second kappa shape index (κ2) is 28.2. The van der Waals surface area contributed by atoms with Crippen LogP contribution in [0.25, 0.3) is 225 Å². The Balaban J connectivity index is 0.000000106. The number of hydrogen-bond acceptors (Lipinski definition) is 6. The molecule has 552 valence electrons. The van der Waals surface area contributed by atoms with Crippen LogP contribution in [0.1, 0.15) is 33.4 Å². The maximum absolute atomic E-state index is 5.30. The lowest BCUT2D eigenvalue weighted by molar-refractivity contribution is 1.41. The van der Waals surface area contributed by atoms with Crippen molar-refractivity contribution in [3.8, 4) is 67.2 Å². The molecule has 0 radical (unpaired) electrons. The molecule has 3 nitrogen and oxygen atoms in total. The van der Waals surface area contributed by atoms with E-state index in [0.29, 0.717) is 0 Å². The van der Waals surface area contributed by atoms with Gasteiger partial charge in [-0.15, -0.1) is 34.0 Å². The second-order valence-corrected chi connectivity index (χ2v) is 34.7. The number of nitrogens with zero attached hydrogens (tertiary/aromatic N) is 3. The molecule has 18 aromatic carbocycles. The Kier molecular flexibility index (Phi) is 16.9. The van der Waals surface area contributed by atoms with Crippen molar-refractivity contribution < 1.29 is 0 Å². The largest absolute Gasteiger partial charge is 0.247 e. The molecule has 0 fully saturated rings. The normalized spacial score (nSPS) is 11.8. The summed E-state index contributed by atoms with van der Waals surface area (Å²) in [5.74, 6) is 0. The number of rotatable bonds is 6. The molecule has 6 heterocycles. The SMILES string of the molecule is Cc1cc(C)c2sc3c(-c4cccc(-c5ccc6c7ccccc7c7ccccc7c6n5)c4)cc(C)cc3c2c1.Cc1ccc2sc3c(-c4cccc(-c5ccc6c7ccccc7c7ccccc7c6n5)c4)cc(C)cc3c2c1.Cc1cccc2c1sc1c(-c3cccc(-c4ccc5c6ccccc6c6ccccc6c5n4)c3)cccc12. The van der Waals surface area contributed by atoms with Crippen molar-refractivity contribution in [3.05, 3.63) is 379 Å². The minimum absolute atomic E-state index is 0.999. The summed E-state index contributed by atoms with van der Waals surface area (Å²) in [4.78, 5) is 15.9. The third kappa shape index (κ3) is 11.9. The fourth-order valence-electron chi connectivity index (χ4n) is 18.5. The van der Waals surface area contributed by atoms with Crippen molar-refractivity contribution in [2.24, 2.45) is 0 Å². The maximum Gasteiger partial charge on any atom is 0.0794 e. The topological polar surface area (TPSA) is 38.7 Å². The van der Waals surface area contributed by atoms with Gasteiger partial charge in [0.05, 0.1) is 33.6 Å². The molecular formula is C111H75N3S3. The Morgan fingerprint density at radius 1 is 0.171 bits per heavy atom. The van der Waals surface area contributed by atoms with E-state index in [9.17, 15) is 0 Å². The summed E-state index contributed by atoms with van der Waals surface area (Å²) in [6.07, 6.45) is 0. The third-order valence-corrected chi connectivity index (χ3v) is 27.9. The van der Waals surface area contributed by atoms with Crippen LogP contribution in [-0.4, -0.2) is 15.0 Å². The van der Waals surface area contributed by atoms with Crippen molar-refractivity contribution in [1.29, 1.82) is 0 Å². The Labute approximate surface area is 689 Å². The summed E-state index contributed by atoms with van der Waals surface area (Å²) in [6, 6.07) is 126. The Morgan fingerprint density at radius 3 is 0.906 bits per heavy atom. The van der Waals surface area contributed by atoms with E-state index in [4.69, 9.17) is 15.0 Å². The van der Waals surface area contributed by atoms with Crippen LogP contribution in [-0.2, 0) is 0 Å². The van der Waals surface area contributed by atoms with E-state index in [1.54, 1.807) is 0 Å². The van der Waals surface area contributed by atoms with Crippen LogP contribution in [0.4, 0.5) is 0 Å². The van der Waals surface area contributed by atoms with Gasteiger partial charge in [0.2, 0.25) is 0 Å². The summed E-state index contributed by atoms with van der Waals surface area (Å²) in [6.45, 7) is 13.2. The smallest absolute Gasteiger partial charge is 0.0794 e. The average Bonchev–Trinajstić information content (AvgIpc) is 1.70. The van der Waals surface area contributed by atoms with Crippen LogP contribution in [0.15, 0.2) is 346 Å². The van der Waals surface area contributed by atoms with E-state index in [2.05, 4.69) is 387 Å². The number of pyridine rings is 3. The minimum atomic E-state index is 0.999. The third-order valence-electron chi connectivity index (χ3n) is 23.9. The van der Waals surface area contributed by atoms with Gasteiger partial charge in [0.1, 0.15) is 0 Å². The fourth-order valence-corrected chi connectivity index (χ4v) is 22.3. The van der Waals surface area contributed by atoms with Crippen molar-refractivity contribution in [1.82, 2.24) is 15.0 Å². The summed E-state index contributed by atoms with van der Waals surface area (Å²) < 4.78 is 8.16. The van der Waals surface area contributed by atoms with Crippen LogP contribution < -0.4 is 0 Å². The number of hydrogen-bond donors (Lipinski definition) is 0. The molecular weight excluding hydrogens is 1470 g/mol. The second-order valence-electron chi connectivity index (χ2n) is 31.6. The molecule has 0 saturated carbocycles. The lowest BCUT2D eigenvalue weighted by Crippen LogP contribution is -1.90. The molecule has 24 aromatic rings. The van der Waals surface area contributed by atoms with Gasteiger partial charge in [0.25, 0.3) is 0 Å². The molecule has 0 N–H and O–H groups in total. The number of aryl methyl sites for hydroxylation is 6. The van der Waals surface area contributed by atoms with E-state index in [0.717, 1.165) is 50.3 Å². The minimum Gasteiger partial charge on any atom is -0.247 e. The highest BCUT2D eigenvalue weighted by molar-refractivity contribution is 7.27. The number of fused-ring (bicyclic) bond motifs is 27. The Morgan fingerprint density at radius 2 is 0.470 bits per heavy atom. The molecule has 117 heavy (non-hydrogen) atoms. The van der Waals surface area contributed by atoms with Gasteiger partial charge in [0, 0.05) is 110 Å². The lowest BCUT2D eigenvalue weighted by Gasteiger charge is -2.12. The van der Waals surface area contributed by atoms with Crippen LogP contribution >= 0.6 is 34.0 Å². The predicted octanol–water partition coefficient (Wildman–Crippen LogP) is 32.6. The number of aromatic nitrogens is 3. The molecule has 0 unspecified atom stereocenters. The number of benzene rings is 18. The summed E-state index contributed by atoms with van der Waals surface area (Å²) in [7, 11) is 0. The first-order chi connectivity index (χ1) is 57.4. The summed E-state index contributed by atoms with van der Waals surface area (Å²) in [5, 5.41) is 26.6. The average molecular weight is 1550 g/mol. The molecule has 6 aromatic heterocycles. The molecule has 0 aliphatic rings. The van der Waals surface area contributed by atoms with E-state index < -0.39 is 0 Å². The van der Waals surface area contributed by atoms with Gasteiger partial charge in [-0.05, 0) is 243 Å². The summed E-state index contributed by atoms with van der Waals surface area (Å²) >= 11 is 5.71. The Bertz CT molecular complexity index is 8190. The van der Waals surface area contributed by atoms with Crippen molar-refractivity contribution in [2.75, 3.05) is 0 Å². The fraction of sp³-hybridized carbons (Fsp3) is 0.0541. The van der Waals surface area contributed by atoms with Gasteiger partial charge >= 0.3 is 0 Å². The standard InChI is InChI=1S/C38H27NS.C37H25NS.C36H23NS/c1-22-17-24(3)37-33(19-22)34-20-23(2)18-32(38(34)40-37)25-9-8-10-26(21-25)35-16-15-31-29-13-5-4-11-27(29)28-12-6-7-14-30(28)36(31)39-35;1-22-14-17-35-32(18-22)33-20-23(2)19-31(37(33)39-35)24-8-7-9-25(21-24)34-16-15-30-28-12-4-3-10-26(28)27-11-5-6-13-29(27)36(30)38-34;1-22-9-6-17-31-32-18-8-16-25(36(32)38-35(22)31)23-10-7-11-24(21-23)33-20-19-30-28-14-3-2-12-26(28)27-13-4-5-15-29(27)34(30)37-33/h4-21H,1-3H3;3-21H,1-2H3;2-21H,1H3. The predicted molar refractivity (Wildman–Crippen MR) is 510 cm³/mol. The molecule has 0 aliphatic heterocycles. The van der Waals surface area contributed by atoms with Crippen molar-refractivity contribution in [2.45, 2.75) is 41.5 Å².